The second kappa shape index (κ2) is 9.10. The summed E-state index contributed by atoms with van der Waals surface area (Å²) in [6.45, 7) is 5.47. The van der Waals surface area contributed by atoms with Gasteiger partial charge in [-0.2, -0.15) is 0 Å². The van der Waals surface area contributed by atoms with E-state index in [1.54, 1.807) is 12.3 Å². The largest absolute Gasteiger partial charge is 0.349 e. The summed E-state index contributed by atoms with van der Waals surface area (Å²) in [6.07, 6.45) is 4.83. The number of piperidine rings is 1. The highest BCUT2D eigenvalue weighted by atomic mass is 16.2. The van der Waals surface area contributed by atoms with Crippen molar-refractivity contribution in [2.75, 3.05) is 25.5 Å². The van der Waals surface area contributed by atoms with E-state index >= 15 is 0 Å². The predicted molar refractivity (Wildman–Crippen MR) is 124 cm³/mol. The van der Waals surface area contributed by atoms with E-state index < -0.39 is 0 Å². The minimum absolute atomic E-state index is 0.0638. The Morgan fingerprint density at radius 3 is 2.65 bits per heavy atom. The van der Waals surface area contributed by atoms with Gasteiger partial charge in [-0.05, 0) is 80.5 Å². The van der Waals surface area contributed by atoms with Crippen molar-refractivity contribution in [1.82, 2.24) is 15.2 Å². The molecule has 0 spiro atoms. The van der Waals surface area contributed by atoms with Gasteiger partial charge in [-0.3, -0.25) is 14.6 Å². The standard InChI is InChI=1S/C25H26N4O2/c1-3-24(30)27-20-6-4-5-17(15-20)18-7-8-23-22(16-18)21(9-12-26-23)25(31)28-19-10-13-29(2)14-11-19/h3-9,12,15-16,19H,1,10-11,13-14H2,2H3,(H,27,30)(H,28,31). The van der Waals surface area contributed by atoms with E-state index in [1.807, 2.05) is 42.5 Å². The lowest BCUT2D eigenvalue weighted by Gasteiger charge is -2.29. The van der Waals surface area contributed by atoms with Gasteiger partial charge in [0.15, 0.2) is 0 Å². The molecule has 6 heteroatoms. The van der Waals surface area contributed by atoms with Crippen LogP contribution in [-0.4, -0.2) is 47.9 Å². The number of amides is 2. The number of carbonyl (C=O) groups excluding carboxylic acids is 2. The highest BCUT2D eigenvalue weighted by Crippen LogP contribution is 2.27. The molecule has 2 aromatic carbocycles. The number of pyridine rings is 1. The molecule has 4 rings (SSSR count). The van der Waals surface area contributed by atoms with E-state index in [2.05, 4.69) is 34.1 Å². The second-order valence-electron chi connectivity index (χ2n) is 7.92. The van der Waals surface area contributed by atoms with Gasteiger partial charge in [-0.1, -0.05) is 24.8 Å². The van der Waals surface area contributed by atoms with Crippen LogP contribution in [-0.2, 0) is 4.79 Å². The van der Waals surface area contributed by atoms with E-state index in [9.17, 15) is 9.59 Å². The van der Waals surface area contributed by atoms with Crippen LogP contribution in [0.4, 0.5) is 5.69 Å². The summed E-state index contributed by atoms with van der Waals surface area (Å²) in [6, 6.07) is 15.4. The van der Waals surface area contributed by atoms with Gasteiger partial charge in [0.25, 0.3) is 5.91 Å². The van der Waals surface area contributed by atoms with Gasteiger partial charge in [0.1, 0.15) is 0 Å². The van der Waals surface area contributed by atoms with Gasteiger partial charge in [-0.15, -0.1) is 0 Å². The number of carbonyl (C=O) groups is 2. The predicted octanol–water partition coefficient (Wildman–Crippen LogP) is 3.85. The normalized spacial score (nSPS) is 14.9. The molecular weight excluding hydrogens is 388 g/mol. The number of anilines is 1. The summed E-state index contributed by atoms with van der Waals surface area (Å²) in [5, 5.41) is 6.79. The van der Waals surface area contributed by atoms with E-state index in [0.717, 1.165) is 48.0 Å². The molecule has 2 heterocycles. The van der Waals surface area contributed by atoms with Crippen molar-refractivity contribution in [2.24, 2.45) is 0 Å². The molecule has 1 aliphatic heterocycles. The van der Waals surface area contributed by atoms with E-state index in [4.69, 9.17) is 0 Å². The van der Waals surface area contributed by atoms with Crippen molar-refractivity contribution in [1.29, 1.82) is 0 Å². The Bertz CT molecular complexity index is 1130. The van der Waals surface area contributed by atoms with Crippen molar-refractivity contribution in [3.63, 3.8) is 0 Å². The number of fused-ring (bicyclic) bond motifs is 1. The Hall–Kier alpha value is -3.51. The molecule has 2 N–H and O–H groups in total. The second-order valence-corrected chi connectivity index (χ2v) is 7.92. The molecule has 3 aromatic rings. The maximum absolute atomic E-state index is 13.1. The molecule has 0 radical (unpaired) electrons. The van der Waals surface area contributed by atoms with Crippen LogP contribution in [0.25, 0.3) is 22.0 Å². The van der Waals surface area contributed by atoms with E-state index in [-0.39, 0.29) is 17.9 Å². The number of likely N-dealkylation sites (tertiary alicyclic amines) is 1. The number of nitrogens with one attached hydrogen (secondary N) is 2. The molecule has 0 unspecified atom stereocenters. The van der Waals surface area contributed by atoms with Gasteiger partial charge in [-0.25, -0.2) is 0 Å². The molecule has 2 amide bonds. The van der Waals surface area contributed by atoms with Crippen LogP contribution in [0, 0.1) is 0 Å². The molecule has 0 atom stereocenters. The lowest BCUT2D eigenvalue weighted by atomic mass is 9.99. The molecule has 1 saturated heterocycles. The zero-order valence-electron chi connectivity index (χ0n) is 17.6. The minimum Gasteiger partial charge on any atom is -0.349 e. The topological polar surface area (TPSA) is 74.3 Å². The molecule has 31 heavy (non-hydrogen) atoms. The van der Waals surface area contributed by atoms with Crippen LogP contribution in [0.2, 0.25) is 0 Å². The average molecular weight is 415 g/mol. The van der Waals surface area contributed by atoms with E-state index in [0.29, 0.717) is 11.3 Å². The maximum atomic E-state index is 13.1. The lowest BCUT2D eigenvalue weighted by Crippen LogP contribution is -2.43. The number of hydrogen-bond donors (Lipinski definition) is 2. The monoisotopic (exact) mass is 414 g/mol. The molecule has 1 aromatic heterocycles. The molecule has 0 bridgehead atoms. The van der Waals surface area contributed by atoms with Crippen molar-refractivity contribution in [3.8, 4) is 11.1 Å². The van der Waals surface area contributed by atoms with Gasteiger partial charge in [0, 0.05) is 23.3 Å². The number of hydrogen-bond acceptors (Lipinski definition) is 4. The Balaban J connectivity index is 1.63. The van der Waals surface area contributed by atoms with Gasteiger partial charge in [0.2, 0.25) is 5.91 Å². The van der Waals surface area contributed by atoms with Gasteiger partial charge >= 0.3 is 0 Å². The Morgan fingerprint density at radius 2 is 1.87 bits per heavy atom. The summed E-state index contributed by atoms with van der Waals surface area (Å²) >= 11 is 0. The summed E-state index contributed by atoms with van der Waals surface area (Å²) in [4.78, 5) is 31.4. The molecule has 1 fully saturated rings. The minimum atomic E-state index is -0.257. The highest BCUT2D eigenvalue weighted by molar-refractivity contribution is 6.07. The summed E-state index contributed by atoms with van der Waals surface area (Å²) < 4.78 is 0. The number of benzene rings is 2. The Morgan fingerprint density at radius 1 is 1.10 bits per heavy atom. The number of aromatic nitrogens is 1. The first kappa shape index (κ1) is 20.8. The van der Waals surface area contributed by atoms with Crippen molar-refractivity contribution < 1.29 is 9.59 Å². The quantitative estimate of drug-likeness (QED) is 0.622. The zero-order chi connectivity index (χ0) is 21.8. The van der Waals surface area contributed by atoms with Crippen LogP contribution >= 0.6 is 0 Å². The van der Waals surface area contributed by atoms with Crippen molar-refractivity contribution >= 4 is 28.4 Å². The fourth-order valence-corrected chi connectivity index (χ4v) is 3.91. The summed E-state index contributed by atoms with van der Waals surface area (Å²) in [5.41, 5.74) is 3.98. The fraction of sp³-hybridized carbons (Fsp3) is 0.240. The maximum Gasteiger partial charge on any atom is 0.252 e. The molecule has 1 aliphatic rings. The molecule has 0 aliphatic carbocycles. The first-order chi connectivity index (χ1) is 15.0. The third-order valence-corrected chi connectivity index (χ3v) is 5.69. The molecule has 0 saturated carbocycles. The first-order valence-corrected chi connectivity index (χ1v) is 10.5. The molecule has 6 nitrogen and oxygen atoms in total. The number of rotatable bonds is 5. The van der Waals surface area contributed by atoms with Gasteiger partial charge < -0.3 is 15.5 Å². The summed E-state index contributed by atoms with van der Waals surface area (Å²) in [7, 11) is 2.10. The first-order valence-electron chi connectivity index (χ1n) is 10.5. The lowest BCUT2D eigenvalue weighted by molar-refractivity contribution is -0.111. The van der Waals surface area contributed by atoms with E-state index in [1.165, 1.54) is 6.08 Å². The molecule has 158 valence electrons. The SMILES string of the molecule is C=CC(=O)Nc1cccc(-c2ccc3nccc(C(=O)NC4CCN(C)CC4)c3c2)c1. The third kappa shape index (κ3) is 4.81. The smallest absolute Gasteiger partial charge is 0.252 e. The Labute approximate surface area is 182 Å². The highest BCUT2D eigenvalue weighted by Gasteiger charge is 2.20. The fourth-order valence-electron chi connectivity index (χ4n) is 3.91. The van der Waals surface area contributed by atoms with Crippen LogP contribution in [0.1, 0.15) is 23.2 Å². The van der Waals surface area contributed by atoms with Crippen LogP contribution in [0.15, 0.2) is 67.4 Å². The van der Waals surface area contributed by atoms with Crippen molar-refractivity contribution in [2.45, 2.75) is 18.9 Å². The third-order valence-electron chi connectivity index (χ3n) is 5.69. The van der Waals surface area contributed by atoms with Crippen molar-refractivity contribution in [3.05, 3.63) is 72.9 Å². The number of nitrogens with zero attached hydrogens (tertiary/aromatic N) is 2. The summed E-state index contributed by atoms with van der Waals surface area (Å²) in [5.74, 6) is -0.321. The zero-order valence-corrected chi connectivity index (χ0v) is 17.6. The van der Waals surface area contributed by atoms with Crippen LogP contribution < -0.4 is 10.6 Å². The van der Waals surface area contributed by atoms with Gasteiger partial charge in [0.05, 0.1) is 11.1 Å². The molecular formula is C25H26N4O2. The Kier molecular flexibility index (Phi) is 6.09. The van der Waals surface area contributed by atoms with Crippen LogP contribution in [0.5, 0.6) is 0 Å². The van der Waals surface area contributed by atoms with Crippen LogP contribution in [0.3, 0.4) is 0 Å². The average Bonchev–Trinajstić information content (AvgIpc) is 2.80.